The number of sulfonamides is 1. The lowest BCUT2D eigenvalue weighted by molar-refractivity contribution is 0.600. The zero-order valence-electron chi connectivity index (χ0n) is 13.6. The molecule has 2 aromatic carbocycles. The Balaban J connectivity index is 2.11. The van der Waals surface area contributed by atoms with Crippen LogP contribution in [0.4, 0.5) is 5.69 Å². The highest BCUT2D eigenvalue weighted by atomic mass is 79.9. The Morgan fingerprint density at radius 2 is 1.60 bits per heavy atom. The minimum Gasteiger partial charge on any atom is -0.283 e. The van der Waals surface area contributed by atoms with Gasteiger partial charge in [-0.25, -0.2) is 13.1 Å². The monoisotopic (exact) mass is 421 g/mol. The first kappa shape index (κ1) is 17.5. The van der Waals surface area contributed by atoms with Crippen LogP contribution in [0.3, 0.4) is 0 Å². The van der Waals surface area contributed by atoms with Crippen molar-refractivity contribution in [2.24, 2.45) is 7.05 Å². The fraction of sp³-hybridized carbons (Fsp3) is 0.118. The number of nitrogens with zero attached hydrogens (tertiary/aromatic N) is 2. The van der Waals surface area contributed by atoms with Crippen molar-refractivity contribution < 1.29 is 8.42 Å². The van der Waals surface area contributed by atoms with Gasteiger partial charge in [-0.2, -0.15) is 0 Å². The third-order valence-corrected chi connectivity index (χ3v) is 6.28. The van der Waals surface area contributed by atoms with E-state index in [0.717, 1.165) is 0 Å². The van der Waals surface area contributed by atoms with Gasteiger partial charge < -0.3 is 0 Å². The molecule has 3 aromatic rings. The van der Waals surface area contributed by atoms with Gasteiger partial charge in [0, 0.05) is 11.5 Å². The van der Waals surface area contributed by atoms with Crippen molar-refractivity contribution in [2.45, 2.75) is 11.8 Å². The van der Waals surface area contributed by atoms with Crippen molar-refractivity contribution in [3.63, 3.8) is 0 Å². The Labute approximate surface area is 153 Å². The first-order valence-electron chi connectivity index (χ1n) is 7.44. The quantitative estimate of drug-likeness (QED) is 0.703. The summed E-state index contributed by atoms with van der Waals surface area (Å²) < 4.78 is 31.3. The van der Waals surface area contributed by atoms with Crippen molar-refractivity contribution >= 4 is 31.6 Å². The second kappa shape index (κ2) is 6.53. The summed E-state index contributed by atoms with van der Waals surface area (Å²) in [5.74, 6) is 0. The normalized spacial score (nSPS) is 11.5. The maximum atomic E-state index is 12.8. The van der Waals surface area contributed by atoms with Crippen LogP contribution >= 0.6 is 15.9 Å². The molecule has 0 bridgehead atoms. The fourth-order valence-electron chi connectivity index (χ4n) is 2.54. The highest BCUT2D eigenvalue weighted by molar-refractivity contribution is 9.10. The fourth-order valence-corrected chi connectivity index (χ4v) is 4.66. The smallest absolute Gasteiger partial charge is 0.283 e. The Bertz CT molecular complexity index is 1090. The summed E-state index contributed by atoms with van der Waals surface area (Å²) in [4.78, 5) is 12.9. The molecule has 25 heavy (non-hydrogen) atoms. The van der Waals surface area contributed by atoms with Crippen LogP contribution in [-0.2, 0) is 17.1 Å². The van der Waals surface area contributed by atoms with E-state index in [2.05, 4.69) is 20.7 Å². The second-order valence-corrected chi connectivity index (χ2v) is 7.98. The van der Waals surface area contributed by atoms with E-state index in [0.29, 0.717) is 15.9 Å². The number of rotatable bonds is 4. The molecule has 3 rings (SSSR count). The maximum Gasteiger partial charge on any atom is 0.296 e. The van der Waals surface area contributed by atoms with Gasteiger partial charge in [0.2, 0.25) is 0 Å². The van der Waals surface area contributed by atoms with Gasteiger partial charge in [-0.15, -0.1) is 0 Å². The Morgan fingerprint density at radius 1 is 1.00 bits per heavy atom. The lowest BCUT2D eigenvalue weighted by atomic mass is 10.3. The van der Waals surface area contributed by atoms with E-state index in [4.69, 9.17) is 0 Å². The Morgan fingerprint density at radius 3 is 2.24 bits per heavy atom. The molecule has 0 radical (unpaired) electrons. The third kappa shape index (κ3) is 3.14. The van der Waals surface area contributed by atoms with Gasteiger partial charge in [-0.3, -0.25) is 14.2 Å². The molecule has 8 heteroatoms. The largest absolute Gasteiger partial charge is 0.296 e. The lowest BCUT2D eigenvalue weighted by Crippen LogP contribution is -2.23. The minimum absolute atomic E-state index is 0.0297. The maximum absolute atomic E-state index is 12.8. The van der Waals surface area contributed by atoms with Crippen LogP contribution in [0, 0.1) is 6.92 Å². The Kier molecular flexibility index (Phi) is 4.57. The average Bonchev–Trinajstić information content (AvgIpc) is 2.79. The van der Waals surface area contributed by atoms with Gasteiger partial charge in [0.1, 0.15) is 10.6 Å². The molecule has 0 saturated heterocycles. The molecule has 0 aliphatic carbocycles. The van der Waals surface area contributed by atoms with E-state index in [1.807, 2.05) is 18.2 Å². The summed E-state index contributed by atoms with van der Waals surface area (Å²) in [6.07, 6.45) is 0. The first-order valence-corrected chi connectivity index (χ1v) is 9.72. The predicted octanol–water partition coefficient (Wildman–Crippen LogP) is 3.05. The molecule has 0 atom stereocenters. The molecule has 1 aromatic heterocycles. The average molecular weight is 422 g/mol. The van der Waals surface area contributed by atoms with Crippen LogP contribution in [0.2, 0.25) is 0 Å². The van der Waals surface area contributed by atoms with Gasteiger partial charge in [0.15, 0.2) is 0 Å². The standard InChI is InChI=1S/C17H16BrN3O3S/c1-12-16(19-25(23,24)15-11-7-6-10-14(15)18)17(22)21(20(12)2)13-8-4-3-5-9-13/h3-11,19H,1-2H3. The van der Waals surface area contributed by atoms with Crippen LogP contribution in [0.5, 0.6) is 0 Å². The summed E-state index contributed by atoms with van der Waals surface area (Å²) in [5, 5.41) is 0. The molecule has 130 valence electrons. The molecule has 0 fully saturated rings. The van der Waals surface area contributed by atoms with E-state index in [-0.39, 0.29) is 10.6 Å². The molecule has 0 unspecified atom stereocenters. The molecule has 1 N–H and O–H groups in total. The van der Waals surface area contributed by atoms with Crippen LogP contribution in [0.15, 0.2) is 68.8 Å². The molecular weight excluding hydrogens is 406 g/mol. The van der Waals surface area contributed by atoms with Gasteiger partial charge in [-0.1, -0.05) is 30.3 Å². The Hall–Kier alpha value is -2.32. The molecule has 0 amide bonds. The number of nitrogens with one attached hydrogen (secondary N) is 1. The number of anilines is 1. The van der Waals surface area contributed by atoms with Crippen LogP contribution in [0.25, 0.3) is 5.69 Å². The molecule has 0 aliphatic rings. The topological polar surface area (TPSA) is 73.1 Å². The SMILES string of the molecule is Cc1c(NS(=O)(=O)c2ccccc2Br)c(=O)n(-c2ccccc2)n1C. The highest BCUT2D eigenvalue weighted by Crippen LogP contribution is 2.24. The number of hydrogen-bond donors (Lipinski definition) is 1. The zero-order valence-corrected chi connectivity index (χ0v) is 16.0. The van der Waals surface area contributed by atoms with Gasteiger partial charge >= 0.3 is 0 Å². The van der Waals surface area contributed by atoms with E-state index in [1.54, 1.807) is 49.0 Å². The van der Waals surface area contributed by atoms with Crippen molar-refractivity contribution in [3.8, 4) is 5.69 Å². The number of halogens is 1. The van der Waals surface area contributed by atoms with Gasteiger partial charge in [-0.05, 0) is 47.1 Å². The molecule has 6 nitrogen and oxygen atoms in total. The summed E-state index contributed by atoms with van der Waals surface area (Å²) in [5.41, 5.74) is 0.776. The van der Waals surface area contributed by atoms with Gasteiger partial charge in [0.25, 0.3) is 15.6 Å². The second-order valence-electron chi connectivity index (χ2n) is 5.47. The summed E-state index contributed by atoms with van der Waals surface area (Å²) in [7, 11) is -2.19. The number of para-hydroxylation sites is 1. The highest BCUT2D eigenvalue weighted by Gasteiger charge is 2.23. The van der Waals surface area contributed by atoms with E-state index in [9.17, 15) is 13.2 Å². The zero-order chi connectivity index (χ0) is 18.2. The van der Waals surface area contributed by atoms with E-state index >= 15 is 0 Å². The predicted molar refractivity (Wildman–Crippen MR) is 101 cm³/mol. The third-order valence-electron chi connectivity index (χ3n) is 3.92. The molecule has 1 heterocycles. The first-order chi connectivity index (χ1) is 11.8. The van der Waals surface area contributed by atoms with Crippen LogP contribution in [-0.4, -0.2) is 17.8 Å². The summed E-state index contributed by atoms with van der Waals surface area (Å²) in [6.45, 7) is 1.69. The van der Waals surface area contributed by atoms with Crippen LogP contribution < -0.4 is 10.3 Å². The molecule has 0 spiro atoms. The molecule has 0 saturated carbocycles. The molecular formula is C17H16BrN3O3S. The minimum atomic E-state index is -3.90. The number of benzene rings is 2. The van der Waals surface area contributed by atoms with Gasteiger partial charge in [0.05, 0.1) is 11.4 Å². The number of hydrogen-bond acceptors (Lipinski definition) is 3. The van der Waals surface area contributed by atoms with Crippen molar-refractivity contribution in [3.05, 3.63) is 75.1 Å². The molecule has 0 aliphatic heterocycles. The van der Waals surface area contributed by atoms with Crippen LogP contribution in [0.1, 0.15) is 5.69 Å². The van der Waals surface area contributed by atoms with Crippen molar-refractivity contribution in [2.75, 3.05) is 4.72 Å². The van der Waals surface area contributed by atoms with E-state index in [1.165, 1.54) is 10.7 Å². The van der Waals surface area contributed by atoms with Crippen molar-refractivity contribution in [1.82, 2.24) is 9.36 Å². The summed E-state index contributed by atoms with van der Waals surface area (Å²) >= 11 is 3.23. The van der Waals surface area contributed by atoms with Crippen molar-refractivity contribution in [1.29, 1.82) is 0 Å². The number of aromatic nitrogens is 2. The lowest BCUT2D eigenvalue weighted by Gasteiger charge is -2.08. The van der Waals surface area contributed by atoms with E-state index < -0.39 is 15.6 Å². The summed E-state index contributed by atoms with van der Waals surface area (Å²) in [6, 6.07) is 15.5.